The second-order valence-electron chi connectivity index (χ2n) is 8.88. The second-order valence-corrected chi connectivity index (χ2v) is 10.0. The number of likely N-dealkylation sites (tertiary alicyclic amines) is 1. The molecule has 1 aliphatic rings. The van der Waals surface area contributed by atoms with Crippen molar-refractivity contribution in [1.82, 2.24) is 4.90 Å². The quantitative estimate of drug-likeness (QED) is 0.284. The average Bonchev–Trinajstić information content (AvgIpc) is 3.40. The summed E-state index contributed by atoms with van der Waals surface area (Å²) >= 11 is 1.29. The van der Waals surface area contributed by atoms with Gasteiger partial charge in [-0.3, -0.25) is 9.59 Å². The number of benzene rings is 1. The molecular weight excluding hydrogens is 472 g/mol. The van der Waals surface area contributed by atoms with Crippen LogP contribution < -0.4 is 0 Å². The van der Waals surface area contributed by atoms with E-state index in [2.05, 4.69) is 12.1 Å². The Morgan fingerprint density at radius 3 is 2.63 bits per heavy atom. The van der Waals surface area contributed by atoms with E-state index in [0.717, 1.165) is 17.7 Å². The molecule has 0 aliphatic carbocycles. The van der Waals surface area contributed by atoms with Gasteiger partial charge in [0.2, 0.25) is 0 Å². The lowest BCUT2D eigenvalue weighted by Gasteiger charge is -2.21. The number of amides is 1. The first kappa shape index (κ1) is 26.7. The van der Waals surface area contributed by atoms with Crippen LogP contribution in [0, 0.1) is 5.92 Å². The van der Waals surface area contributed by atoms with Crippen LogP contribution >= 0.6 is 11.3 Å². The molecule has 2 aromatic rings. The van der Waals surface area contributed by atoms with Crippen molar-refractivity contribution in [3.05, 3.63) is 69.9 Å². The number of carbonyl (C=O) groups is 3. The van der Waals surface area contributed by atoms with Crippen molar-refractivity contribution in [1.29, 1.82) is 0 Å². The normalized spacial score (nSPS) is 18.2. The first-order valence-corrected chi connectivity index (χ1v) is 12.6. The largest absolute Gasteiger partial charge is 0.465 e. The highest BCUT2D eigenvalue weighted by atomic mass is 32.1. The summed E-state index contributed by atoms with van der Waals surface area (Å²) in [5.74, 6) is -5.38. The summed E-state index contributed by atoms with van der Waals surface area (Å²) in [5.41, 5.74) is 1.22. The second kappa shape index (κ2) is 12.2. The van der Waals surface area contributed by atoms with Gasteiger partial charge in [-0.25, -0.2) is 4.79 Å². The van der Waals surface area contributed by atoms with E-state index >= 15 is 0 Å². The zero-order valence-electron chi connectivity index (χ0n) is 20.0. The van der Waals surface area contributed by atoms with Crippen LogP contribution in [0.15, 0.2) is 54.6 Å². The number of aryl methyl sites for hydroxylation is 2. The molecule has 0 radical (unpaired) electrons. The van der Waals surface area contributed by atoms with Gasteiger partial charge in [0, 0.05) is 23.8 Å². The summed E-state index contributed by atoms with van der Waals surface area (Å²) < 4.78 is 33.0. The molecule has 2 atom stereocenters. The molecule has 1 aromatic heterocycles. The number of hydrogen-bond donors (Lipinski definition) is 0. The van der Waals surface area contributed by atoms with Gasteiger partial charge in [0.1, 0.15) is 4.88 Å². The van der Waals surface area contributed by atoms with Crippen LogP contribution in [0.1, 0.15) is 52.7 Å². The standard InChI is InChI=1S/C27H31F2NO4S/c1-19(8-6-11-20-9-4-3-5-10-20)23(31)15-13-21-18-27(28,29)26(33)30(21)17-7-12-22-14-16-24(35-22)25(32)34-2/h3-5,9-10,13-16,19,21H,6-8,11-12,17-18H2,1-2H3/t19-,21+/m1/s1. The molecule has 0 spiro atoms. The van der Waals surface area contributed by atoms with Crippen molar-refractivity contribution in [2.75, 3.05) is 13.7 Å². The Kier molecular flexibility index (Phi) is 9.32. The van der Waals surface area contributed by atoms with Crippen LogP contribution in [0.25, 0.3) is 0 Å². The average molecular weight is 504 g/mol. The third-order valence-electron chi connectivity index (χ3n) is 6.22. The lowest BCUT2D eigenvalue weighted by atomic mass is 9.96. The Labute approximate surface area is 208 Å². The molecule has 1 saturated heterocycles. The fourth-order valence-electron chi connectivity index (χ4n) is 4.18. The third kappa shape index (κ3) is 7.31. The number of nitrogens with zero attached hydrogens (tertiary/aromatic N) is 1. The van der Waals surface area contributed by atoms with Crippen LogP contribution in [0.3, 0.4) is 0 Å². The lowest BCUT2D eigenvalue weighted by molar-refractivity contribution is -0.148. The molecule has 5 nitrogen and oxygen atoms in total. The van der Waals surface area contributed by atoms with Crippen molar-refractivity contribution in [2.45, 2.75) is 57.4 Å². The number of methoxy groups -OCH3 is 1. The smallest absolute Gasteiger partial charge is 0.348 e. The Morgan fingerprint density at radius 1 is 1.17 bits per heavy atom. The van der Waals surface area contributed by atoms with Gasteiger partial charge in [-0.15, -0.1) is 11.3 Å². The Hall–Kier alpha value is -2.87. The number of halogens is 2. The maximum Gasteiger partial charge on any atom is 0.348 e. The summed E-state index contributed by atoms with van der Waals surface area (Å²) in [6, 6.07) is 12.7. The molecule has 188 valence electrons. The molecule has 0 saturated carbocycles. The zero-order valence-corrected chi connectivity index (χ0v) is 20.9. The van der Waals surface area contributed by atoms with Crippen molar-refractivity contribution in [3.8, 4) is 0 Å². The van der Waals surface area contributed by atoms with E-state index in [9.17, 15) is 23.2 Å². The van der Waals surface area contributed by atoms with Crippen LogP contribution in [-0.2, 0) is 27.2 Å². The highest BCUT2D eigenvalue weighted by Gasteiger charge is 2.52. The van der Waals surface area contributed by atoms with Gasteiger partial charge in [-0.2, -0.15) is 8.78 Å². The summed E-state index contributed by atoms with van der Waals surface area (Å²) in [5, 5.41) is 0. The van der Waals surface area contributed by atoms with E-state index in [0.29, 0.717) is 24.1 Å². The summed E-state index contributed by atoms with van der Waals surface area (Å²) in [7, 11) is 1.31. The number of hydrogen-bond acceptors (Lipinski definition) is 5. The van der Waals surface area contributed by atoms with Crippen molar-refractivity contribution < 1.29 is 27.9 Å². The molecule has 1 amide bonds. The fraction of sp³-hybridized carbons (Fsp3) is 0.444. The topological polar surface area (TPSA) is 63.7 Å². The molecule has 35 heavy (non-hydrogen) atoms. The predicted molar refractivity (Wildman–Crippen MR) is 132 cm³/mol. The maximum atomic E-state index is 14.2. The molecular formula is C27H31F2NO4S. The lowest BCUT2D eigenvalue weighted by Crippen LogP contribution is -2.36. The number of carbonyl (C=O) groups excluding carboxylic acids is 3. The third-order valence-corrected chi connectivity index (χ3v) is 7.35. The molecule has 0 bridgehead atoms. The maximum absolute atomic E-state index is 14.2. The molecule has 1 aliphatic heterocycles. The Bertz CT molecular complexity index is 1050. The van der Waals surface area contributed by atoms with Gasteiger partial charge < -0.3 is 9.64 Å². The van der Waals surface area contributed by atoms with E-state index in [1.54, 1.807) is 12.1 Å². The Morgan fingerprint density at radius 2 is 1.91 bits per heavy atom. The van der Waals surface area contributed by atoms with E-state index in [1.165, 1.54) is 41.1 Å². The molecule has 0 unspecified atom stereocenters. The van der Waals surface area contributed by atoms with E-state index in [1.807, 2.05) is 25.1 Å². The number of allylic oxidation sites excluding steroid dienone is 1. The van der Waals surface area contributed by atoms with Gasteiger partial charge in [0.05, 0.1) is 13.2 Å². The number of rotatable bonds is 12. The molecule has 3 rings (SSSR count). The highest BCUT2D eigenvalue weighted by Crippen LogP contribution is 2.34. The molecule has 2 heterocycles. The monoisotopic (exact) mass is 503 g/mol. The number of thiophene rings is 1. The van der Waals surface area contributed by atoms with Gasteiger partial charge >= 0.3 is 11.9 Å². The fourth-order valence-corrected chi connectivity index (χ4v) is 5.14. The molecule has 1 aromatic carbocycles. The SMILES string of the molecule is COC(=O)c1ccc(CCCN2C(=O)C(F)(F)C[C@@H]2C=CC(=O)[C@H](C)CCCc2ccccc2)s1. The van der Waals surface area contributed by atoms with Crippen LogP contribution in [-0.4, -0.2) is 48.2 Å². The number of ether oxygens (including phenoxy) is 1. The molecule has 1 fully saturated rings. The van der Waals surface area contributed by atoms with Gasteiger partial charge in [0.15, 0.2) is 5.78 Å². The first-order valence-electron chi connectivity index (χ1n) is 11.8. The zero-order chi connectivity index (χ0) is 25.4. The molecule has 0 N–H and O–H groups in total. The van der Waals surface area contributed by atoms with Crippen molar-refractivity contribution in [2.24, 2.45) is 5.92 Å². The Balaban J connectivity index is 1.52. The van der Waals surface area contributed by atoms with Crippen molar-refractivity contribution >= 4 is 29.0 Å². The van der Waals surface area contributed by atoms with Gasteiger partial charge in [-0.1, -0.05) is 43.3 Å². The first-order chi connectivity index (χ1) is 16.7. The summed E-state index contributed by atoms with van der Waals surface area (Å²) in [4.78, 5) is 39.0. The minimum Gasteiger partial charge on any atom is -0.465 e. The highest BCUT2D eigenvalue weighted by molar-refractivity contribution is 7.13. The van der Waals surface area contributed by atoms with Crippen LogP contribution in [0.4, 0.5) is 8.78 Å². The number of esters is 1. The van der Waals surface area contributed by atoms with E-state index < -0.39 is 30.3 Å². The van der Waals surface area contributed by atoms with Gasteiger partial charge in [-0.05, 0) is 55.9 Å². The van der Waals surface area contributed by atoms with E-state index in [4.69, 9.17) is 4.74 Å². The number of alkyl halides is 2. The van der Waals surface area contributed by atoms with E-state index in [-0.39, 0.29) is 18.2 Å². The van der Waals surface area contributed by atoms with Crippen LogP contribution in [0.5, 0.6) is 0 Å². The predicted octanol–water partition coefficient (Wildman–Crippen LogP) is 5.49. The van der Waals surface area contributed by atoms with Crippen molar-refractivity contribution in [3.63, 3.8) is 0 Å². The summed E-state index contributed by atoms with van der Waals surface area (Å²) in [6.07, 6.45) is 5.65. The minimum absolute atomic E-state index is 0.116. The summed E-state index contributed by atoms with van der Waals surface area (Å²) in [6.45, 7) is 1.99. The van der Waals surface area contributed by atoms with Crippen LogP contribution in [0.2, 0.25) is 0 Å². The number of ketones is 1. The molecule has 8 heteroatoms. The minimum atomic E-state index is -3.43. The van der Waals surface area contributed by atoms with Gasteiger partial charge in [0.25, 0.3) is 5.91 Å².